The number of nitrogens with one attached hydrogen (secondary N) is 1. The number of hydrogen-bond acceptors (Lipinski definition) is 6. The van der Waals surface area contributed by atoms with Crippen LogP contribution in [0.5, 0.6) is 5.75 Å². The minimum absolute atomic E-state index is 0.225. The maximum atomic E-state index is 12.5. The van der Waals surface area contributed by atoms with E-state index in [4.69, 9.17) is 9.47 Å². The van der Waals surface area contributed by atoms with Gasteiger partial charge >= 0.3 is 5.97 Å². The van der Waals surface area contributed by atoms with Gasteiger partial charge in [0.05, 0.1) is 7.11 Å². The summed E-state index contributed by atoms with van der Waals surface area (Å²) in [5, 5.41) is 2.86. The Balaban J connectivity index is 1.53. The van der Waals surface area contributed by atoms with Gasteiger partial charge in [-0.1, -0.05) is 6.42 Å². The van der Waals surface area contributed by atoms with E-state index in [2.05, 4.69) is 15.2 Å². The largest absolute Gasteiger partial charge is 0.489 e. The molecule has 154 valence electrons. The summed E-state index contributed by atoms with van der Waals surface area (Å²) in [5.74, 6) is 0.141. The third-order valence-electron chi connectivity index (χ3n) is 5.03. The molecule has 2 aromatic rings. The van der Waals surface area contributed by atoms with E-state index in [0.717, 1.165) is 31.5 Å². The Morgan fingerprint density at radius 1 is 1.07 bits per heavy atom. The van der Waals surface area contributed by atoms with E-state index in [0.29, 0.717) is 17.9 Å². The third-order valence-corrected chi connectivity index (χ3v) is 5.03. The molecule has 1 N–H and O–H groups in total. The molecule has 7 nitrogen and oxygen atoms in total. The summed E-state index contributed by atoms with van der Waals surface area (Å²) in [6, 6.07) is 10.3. The van der Waals surface area contributed by atoms with Crippen molar-refractivity contribution in [3.05, 3.63) is 59.9 Å². The standard InChI is InChI=1S/C22H27N3O4/c1-28-22(27)20(25-13-3-2-4-14-25)15-24-21(26)18-5-7-19(8-6-18)29-16-17-9-11-23-12-10-17/h5-12,20H,2-4,13-16H2,1H3,(H,24,26). The monoisotopic (exact) mass is 397 g/mol. The van der Waals surface area contributed by atoms with Crippen LogP contribution in [0.4, 0.5) is 0 Å². The molecule has 2 heterocycles. The Morgan fingerprint density at radius 2 is 1.76 bits per heavy atom. The summed E-state index contributed by atoms with van der Waals surface area (Å²) in [5.41, 5.74) is 1.54. The van der Waals surface area contributed by atoms with Gasteiger partial charge in [-0.05, 0) is 67.9 Å². The van der Waals surface area contributed by atoms with Crippen molar-refractivity contribution in [3.63, 3.8) is 0 Å². The highest BCUT2D eigenvalue weighted by molar-refractivity contribution is 5.94. The lowest BCUT2D eigenvalue weighted by molar-refractivity contribution is -0.147. The average molecular weight is 397 g/mol. The fraction of sp³-hybridized carbons (Fsp3) is 0.409. The van der Waals surface area contributed by atoms with E-state index in [1.54, 1.807) is 36.7 Å². The molecule has 0 aliphatic carbocycles. The number of benzene rings is 1. The van der Waals surface area contributed by atoms with Gasteiger partial charge in [0, 0.05) is 24.5 Å². The van der Waals surface area contributed by atoms with Crippen LogP contribution in [0.15, 0.2) is 48.8 Å². The Kier molecular flexibility index (Phi) is 7.58. The predicted molar refractivity (Wildman–Crippen MR) is 109 cm³/mol. The fourth-order valence-electron chi connectivity index (χ4n) is 3.37. The van der Waals surface area contributed by atoms with Crippen molar-refractivity contribution in [1.82, 2.24) is 15.2 Å². The third kappa shape index (κ3) is 6.02. The average Bonchev–Trinajstić information content (AvgIpc) is 2.79. The summed E-state index contributed by atoms with van der Waals surface area (Å²) < 4.78 is 10.7. The molecule has 0 bridgehead atoms. The van der Waals surface area contributed by atoms with E-state index >= 15 is 0 Å². The number of hydrogen-bond donors (Lipinski definition) is 1. The van der Waals surface area contributed by atoms with Crippen LogP contribution in [-0.2, 0) is 16.1 Å². The highest BCUT2D eigenvalue weighted by Gasteiger charge is 2.28. The second kappa shape index (κ2) is 10.6. The van der Waals surface area contributed by atoms with E-state index in [-0.39, 0.29) is 18.4 Å². The van der Waals surface area contributed by atoms with Crippen LogP contribution in [0.1, 0.15) is 35.2 Å². The highest BCUT2D eigenvalue weighted by atomic mass is 16.5. The first-order valence-corrected chi connectivity index (χ1v) is 9.89. The zero-order valence-electron chi connectivity index (χ0n) is 16.7. The fourth-order valence-corrected chi connectivity index (χ4v) is 3.37. The van der Waals surface area contributed by atoms with Crippen LogP contribution in [0.2, 0.25) is 0 Å². The first-order valence-electron chi connectivity index (χ1n) is 9.89. The van der Waals surface area contributed by atoms with Gasteiger partial charge in [-0.15, -0.1) is 0 Å². The second-order valence-electron chi connectivity index (χ2n) is 7.01. The van der Waals surface area contributed by atoms with Crippen molar-refractivity contribution >= 4 is 11.9 Å². The number of ether oxygens (including phenoxy) is 2. The molecule has 1 aliphatic rings. The molecule has 3 rings (SSSR count). The maximum Gasteiger partial charge on any atom is 0.324 e. The van der Waals surface area contributed by atoms with Gasteiger partial charge in [-0.2, -0.15) is 0 Å². The van der Waals surface area contributed by atoms with Crippen LogP contribution in [0.25, 0.3) is 0 Å². The predicted octanol–water partition coefficient (Wildman–Crippen LogP) is 2.42. The summed E-state index contributed by atoms with van der Waals surface area (Å²) in [6.07, 6.45) is 6.73. The first kappa shape index (κ1) is 20.8. The molecular weight excluding hydrogens is 370 g/mol. The van der Waals surface area contributed by atoms with Gasteiger partial charge in [-0.25, -0.2) is 0 Å². The topological polar surface area (TPSA) is 80.8 Å². The lowest BCUT2D eigenvalue weighted by Crippen LogP contribution is -2.50. The number of carbonyl (C=O) groups excluding carboxylic acids is 2. The number of piperidine rings is 1. The Labute approximate surface area is 171 Å². The number of pyridine rings is 1. The number of amides is 1. The number of methoxy groups -OCH3 is 1. The summed E-state index contributed by atoms with van der Waals surface area (Å²) >= 11 is 0. The minimum Gasteiger partial charge on any atom is -0.489 e. The molecule has 1 fully saturated rings. The zero-order valence-corrected chi connectivity index (χ0v) is 16.7. The van der Waals surface area contributed by atoms with Gasteiger partial charge < -0.3 is 14.8 Å². The van der Waals surface area contributed by atoms with Crippen molar-refractivity contribution in [2.24, 2.45) is 0 Å². The molecule has 1 aliphatic heterocycles. The molecule has 29 heavy (non-hydrogen) atoms. The van der Waals surface area contributed by atoms with Crippen molar-refractivity contribution in [1.29, 1.82) is 0 Å². The second-order valence-corrected chi connectivity index (χ2v) is 7.01. The molecule has 1 amide bonds. The molecule has 0 radical (unpaired) electrons. The van der Waals surface area contributed by atoms with Crippen LogP contribution < -0.4 is 10.1 Å². The number of rotatable bonds is 8. The summed E-state index contributed by atoms with van der Waals surface area (Å²) in [7, 11) is 1.38. The molecule has 7 heteroatoms. The smallest absolute Gasteiger partial charge is 0.324 e. The maximum absolute atomic E-state index is 12.5. The van der Waals surface area contributed by atoms with Gasteiger partial charge in [0.15, 0.2) is 0 Å². The molecule has 0 saturated carbocycles. The molecule has 1 aromatic carbocycles. The van der Waals surface area contributed by atoms with Gasteiger partial charge in [-0.3, -0.25) is 19.5 Å². The van der Waals surface area contributed by atoms with E-state index in [9.17, 15) is 9.59 Å². The summed E-state index contributed by atoms with van der Waals surface area (Å²) in [6.45, 7) is 2.36. The van der Waals surface area contributed by atoms with Crippen LogP contribution in [0, 0.1) is 0 Å². The molecular formula is C22H27N3O4. The SMILES string of the molecule is COC(=O)C(CNC(=O)c1ccc(OCc2ccncc2)cc1)N1CCCCC1. The van der Waals surface area contributed by atoms with Crippen molar-refractivity contribution in [2.75, 3.05) is 26.7 Å². The number of nitrogens with zero attached hydrogens (tertiary/aromatic N) is 2. The quantitative estimate of drug-likeness (QED) is 0.689. The Hall–Kier alpha value is -2.93. The highest BCUT2D eigenvalue weighted by Crippen LogP contribution is 2.15. The van der Waals surface area contributed by atoms with Crippen molar-refractivity contribution in [3.8, 4) is 5.75 Å². The molecule has 0 spiro atoms. The van der Waals surface area contributed by atoms with E-state index < -0.39 is 6.04 Å². The number of aromatic nitrogens is 1. The van der Waals surface area contributed by atoms with Crippen LogP contribution in [-0.4, -0.2) is 54.5 Å². The van der Waals surface area contributed by atoms with Gasteiger partial charge in [0.25, 0.3) is 5.91 Å². The van der Waals surface area contributed by atoms with E-state index in [1.807, 2.05) is 12.1 Å². The van der Waals surface area contributed by atoms with Crippen LogP contribution >= 0.6 is 0 Å². The number of esters is 1. The Bertz CT molecular complexity index is 789. The first-order chi connectivity index (χ1) is 14.2. The normalized spacial score (nSPS) is 15.3. The lowest BCUT2D eigenvalue weighted by atomic mass is 10.1. The molecule has 1 aromatic heterocycles. The minimum atomic E-state index is -0.452. The number of carbonyl (C=O) groups is 2. The number of likely N-dealkylation sites (tertiary alicyclic amines) is 1. The molecule has 1 unspecified atom stereocenters. The van der Waals surface area contributed by atoms with Crippen molar-refractivity contribution in [2.45, 2.75) is 31.9 Å². The molecule has 1 saturated heterocycles. The van der Waals surface area contributed by atoms with Crippen molar-refractivity contribution < 1.29 is 19.1 Å². The Morgan fingerprint density at radius 3 is 2.41 bits per heavy atom. The lowest BCUT2D eigenvalue weighted by Gasteiger charge is -2.32. The molecule has 1 atom stereocenters. The van der Waals surface area contributed by atoms with E-state index in [1.165, 1.54) is 13.5 Å². The van der Waals surface area contributed by atoms with Gasteiger partial charge in [0.1, 0.15) is 18.4 Å². The van der Waals surface area contributed by atoms with Gasteiger partial charge in [0.2, 0.25) is 0 Å². The van der Waals surface area contributed by atoms with Crippen LogP contribution in [0.3, 0.4) is 0 Å². The zero-order chi connectivity index (χ0) is 20.5. The summed E-state index contributed by atoms with van der Waals surface area (Å²) in [4.78, 5) is 30.7.